The summed E-state index contributed by atoms with van der Waals surface area (Å²) in [7, 11) is 0. The second kappa shape index (κ2) is 11.0. The number of carbonyl (C=O) groups excluding carboxylic acids is 1. The number of thioether (sulfide) groups is 1. The molecule has 0 radical (unpaired) electrons. The van der Waals surface area contributed by atoms with E-state index in [-0.39, 0.29) is 17.8 Å². The van der Waals surface area contributed by atoms with Gasteiger partial charge in [0.2, 0.25) is 5.91 Å². The molecule has 2 aromatic heterocycles. The van der Waals surface area contributed by atoms with Crippen LogP contribution in [0.15, 0.2) is 34.8 Å². The van der Waals surface area contributed by atoms with Crippen molar-refractivity contribution in [1.29, 1.82) is 0 Å². The number of para-hydroxylation sites is 1. The molecule has 7 nitrogen and oxygen atoms in total. The molecule has 1 atom stereocenters. The van der Waals surface area contributed by atoms with Crippen LogP contribution < -0.4 is 10.1 Å². The van der Waals surface area contributed by atoms with Gasteiger partial charge in [0.15, 0.2) is 22.2 Å². The van der Waals surface area contributed by atoms with Gasteiger partial charge in [-0.1, -0.05) is 57.7 Å². The zero-order chi connectivity index (χ0) is 23.3. The number of aromatic nitrogens is 4. The minimum Gasteiger partial charge on any atom is -0.482 e. The molecule has 0 aliphatic heterocycles. The standard InChI is InChI=1S/C23H31N5O2S2/c1-14(2)11-28-21(17(6)30-19-10-8-7-9-18(19)15(3)4)26-27-23(28)32-13-20(29)25-22-24-16(5)12-31-22/h7-10,12,14-15,17H,11,13H2,1-6H3,(H,24,25,29). The molecule has 1 N–H and O–H groups in total. The average Bonchev–Trinajstić information content (AvgIpc) is 3.32. The first-order valence-corrected chi connectivity index (χ1v) is 12.6. The van der Waals surface area contributed by atoms with Crippen molar-refractivity contribution < 1.29 is 9.53 Å². The molecule has 0 saturated carbocycles. The molecule has 0 bridgehead atoms. The number of aryl methyl sites for hydroxylation is 1. The van der Waals surface area contributed by atoms with Crippen LogP contribution in [0.2, 0.25) is 0 Å². The predicted molar refractivity (Wildman–Crippen MR) is 131 cm³/mol. The van der Waals surface area contributed by atoms with Gasteiger partial charge in [0.05, 0.1) is 11.4 Å². The highest BCUT2D eigenvalue weighted by Crippen LogP contribution is 2.31. The van der Waals surface area contributed by atoms with E-state index in [9.17, 15) is 4.79 Å². The molecule has 1 aromatic carbocycles. The normalized spacial score (nSPS) is 12.4. The number of rotatable bonds is 10. The SMILES string of the molecule is Cc1csc(NC(=O)CSc2nnc(C(C)Oc3ccccc3C(C)C)n2CC(C)C)n1. The van der Waals surface area contributed by atoms with Gasteiger partial charge >= 0.3 is 0 Å². The van der Waals surface area contributed by atoms with Gasteiger partial charge in [-0.3, -0.25) is 4.79 Å². The number of amides is 1. The maximum atomic E-state index is 12.4. The molecule has 3 aromatic rings. The first-order chi connectivity index (χ1) is 15.2. The Morgan fingerprint density at radius 3 is 2.59 bits per heavy atom. The number of thiazole rings is 1. The first kappa shape index (κ1) is 24.3. The van der Waals surface area contributed by atoms with Crippen molar-refractivity contribution in [1.82, 2.24) is 19.7 Å². The molecule has 0 spiro atoms. The smallest absolute Gasteiger partial charge is 0.236 e. The van der Waals surface area contributed by atoms with Crippen molar-refractivity contribution in [2.24, 2.45) is 5.92 Å². The zero-order valence-electron chi connectivity index (χ0n) is 19.5. The van der Waals surface area contributed by atoms with E-state index in [0.29, 0.717) is 22.1 Å². The average molecular weight is 474 g/mol. The molecule has 9 heteroatoms. The highest BCUT2D eigenvalue weighted by molar-refractivity contribution is 7.99. The molecule has 2 heterocycles. The lowest BCUT2D eigenvalue weighted by molar-refractivity contribution is -0.113. The molecule has 1 amide bonds. The highest BCUT2D eigenvalue weighted by atomic mass is 32.2. The number of anilines is 1. The van der Waals surface area contributed by atoms with Crippen LogP contribution in [-0.2, 0) is 11.3 Å². The second-order valence-corrected chi connectivity index (χ2v) is 10.2. The Kier molecular flexibility index (Phi) is 8.31. The number of hydrogen-bond acceptors (Lipinski definition) is 7. The van der Waals surface area contributed by atoms with Crippen molar-refractivity contribution >= 4 is 34.1 Å². The Morgan fingerprint density at radius 2 is 1.94 bits per heavy atom. The number of ether oxygens (including phenoxy) is 1. The van der Waals surface area contributed by atoms with Crippen molar-refractivity contribution in [3.63, 3.8) is 0 Å². The summed E-state index contributed by atoms with van der Waals surface area (Å²) < 4.78 is 8.38. The summed E-state index contributed by atoms with van der Waals surface area (Å²) in [6.45, 7) is 13.2. The molecule has 172 valence electrons. The Labute approximate surface area is 198 Å². The molecular weight excluding hydrogens is 442 g/mol. The number of carbonyl (C=O) groups is 1. The minimum absolute atomic E-state index is 0.111. The van der Waals surface area contributed by atoms with Crippen LogP contribution in [0.1, 0.15) is 63.7 Å². The Hall–Kier alpha value is -2.39. The van der Waals surface area contributed by atoms with Crippen LogP contribution in [-0.4, -0.2) is 31.4 Å². The van der Waals surface area contributed by atoms with E-state index in [1.54, 1.807) is 0 Å². The van der Waals surface area contributed by atoms with E-state index < -0.39 is 0 Å². The van der Waals surface area contributed by atoms with Crippen LogP contribution in [0, 0.1) is 12.8 Å². The predicted octanol–water partition coefficient (Wildman–Crippen LogP) is 5.69. The molecule has 0 aliphatic rings. The van der Waals surface area contributed by atoms with Crippen LogP contribution in [0.5, 0.6) is 5.75 Å². The Bertz CT molecular complexity index is 1040. The molecule has 1 unspecified atom stereocenters. The summed E-state index contributed by atoms with van der Waals surface area (Å²) in [6.07, 6.45) is -0.275. The van der Waals surface area contributed by atoms with E-state index in [1.807, 2.05) is 37.4 Å². The lowest BCUT2D eigenvalue weighted by Crippen LogP contribution is -2.17. The van der Waals surface area contributed by atoms with Crippen LogP contribution >= 0.6 is 23.1 Å². The number of nitrogens with zero attached hydrogens (tertiary/aromatic N) is 4. The van der Waals surface area contributed by atoms with Gasteiger partial charge < -0.3 is 14.6 Å². The van der Waals surface area contributed by atoms with Gasteiger partial charge in [-0.15, -0.1) is 21.5 Å². The largest absolute Gasteiger partial charge is 0.482 e. The third kappa shape index (κ3) is 6.32. The fourth-order valence-corrected chi connectivity index (χ4v) is 4.71. The maximum Gasteiger partial charge on any atom is 0.236 e. The lowest BCUT2D eigenvalue weighted by atomic mass is 10.0. The third-order valence-corrected chi connectivity index (χ3v) is 6.54. The summed E-state index contributed by atoms with van der Waals surface area (Å²) in [5, 5.41) is 14.9. The van der Waals surface area contributed by atoms with Gasteiger partial charge in [-0.25, -0.2) is 4.98 Å². The topological polar surface area (TPSA) is 81.9 Å². The van der Waals surface area contributed by atoms with E-state index in [1.165, 1.54) is 23.1 Å². The van der Waals surface area contributed by atoms with Crippen LogP contribution in [0.4, 0.5) is 5.13 Å². The van der Waals surface area contributed by atoms with Gasteiger partial charge in [0, 0.05) is 11.9 Å². The van der Waals surface area contributed by atoms with Crippen molar-refractivity contribution in [2.75, 3.05) is 11.1 Å². The van der Waals surface area contributed by atoms with Gasteiger partial charge in [-0.05, 0) is 37.3 Å². The molecule has 3 rings (SSSR count). The summed E-state index contributed by atoms with van der Waals surface area (Å²) in [4.78, 5) is 16.6. The molecule has 0 fully saturated rings. The molecular formula is C23H31N5O2S2. The first-order valence-electron chi connectivity index (χ1n) is 10.8. The van der Waals surface area contributed by atoms with Crippen LogP contribution in [0.3, 0.4) is 0 Å². The summed E-state index contributed by atoms with van der Waals surface area (Å²) in [5.41, 5.74) is 2.06. The van der Waals surface area contributed by atoms with Crippen molar-refractivity contribution in [2.45, 2.75) is 65.3 Å². The van der Waals surface area contributed by atoms with E-state index in [4.69, 9.17) is 4.74 Å². The van der Waals surface area contributed by atoms with Gasteiger partial charge in [0.25, 0.3) is 0 Å². The Morgan fingerprint density at radius 1 is 1.19 bits per heavy atom. The Balaban J connectivity index is 1.73. The van der Waals surface area contributed by atoms with Gasteiger partial charge in [0.1, 0.15) is 5.75 Å². The van der Waals surface area contributed by atoms with Crippen LogP contribution in [0.25, 0.3) is 0 Å². The van der Waals surface area contributed by atoms with E-state index >= 15 is 0 Å². The fraction of sp³-hybridized carbons (Fsp3) is 0.478. The summed E-state index contributed by atoms with van der Waals surface area (Å²) >= 11 is 2.80. The maximum absolute atomic E-state index is 12.4. The minimum atomic E-state index is -0.275. The van der Waals surface area contributed by atoms with Crippen molar-refractivity contribution in [3.05, 3.63) is 46.7 Å². The molecule has 0 saturated heterocycles. The highest BCUT2D eigenvalue weighted by Gasteiger charge is 2.22. The monoisotopic (exact) mass is 473 g/mol. The summed E-state index contributed by atoms with van der Waals surface area (Å²) in [5.74, 6) is 2.50. The van der Waals surface area contributed by atoms with Gasteiger partial charge in [-0.2, -0.15) is 0 Å². The molecule has 32 heavy (non-hydrogen) atoms. The van der Waals surface area contributed by atoms with Crippen molar-refractivity contribution in [3.8, 4) is 5.75 Å². The number of benzene rings is 1. The fourth-order valence-electron chi connectivity index (χ4n) is 3.25. The number of nitrogens with one attached hydrogen (secondary N) is 1. The van der Waals surface area contributed by atoms with E-state index in [2.05, 4.69) is 58.8 Å². The molecule has 0 aliphatic carbocycles. The lowest BCUT2D eigenvalue weighted by Gasteiger charge is -2.20. The quantitative estimate of drug-likeness (QED) is 0.381. The number of hydrogen-bond donors (Lipinski definition) is 1. The van der Waals surface area contributed by atoms with E-state index in [0.717, 1.165) is 29.4 Å². The third-order valence-electron chi connectivity index (χ3n) is 4.70. The summed E-state index contributed by atoms with van der Waals surface area (Å²) in [6, 6.07) is 8.10. The zero-order valence-corrected chi connectivity index (χ0v) is 21.1. The second-order valence-electron chi connectivity index (χ2n) is 8.43.